The number of benzene rings is 2. The lowest BCUT2D eigenvalue weighted by Crippen LogP contribution is -2.52. The average Bonchev–Trinajstić information content (AvgIpc) is 2.82. The maximum atomic E-state index is 13.5. The van der Waals surface area contributed by atoms with Gasteiger partial charge in [-0.15, -0.1) is 0 Å². The number of halogens is 1. The Hall–Kier alpha value is -3.19. The number of piperazine rings is 1. The Kier molecular flexibility index (Phi) is 6.32. The van der Waals surface area contributed by atoms with E-state index in [1.165, 1.54) is 16.8 Å². The van der Waals surface area contributed by atoms with Crippen molar-refractivity contribution in [2.75, 3.05) is 31.1 Å². The van der Waals surface area contributed by atoms with Crippen molar-refractivity contribution in [3.8, 4) is 0 Å². The largest absolute Gasteiger partial charge is 0.368 e. The molecule has 1 unspecified atom stereocenters. The molecule has 1 atom stereocenters. The van der Waals surface area contributed by atoms with E-state index in [4.69, 9.17) is 0 Å². The maximum absolute atomic E-state index is 13.5. The first-order chi connectivity index (χ1) is 15.0. The molecule has 158 valence electrons. The zero-order chi connectivity index (χ0) is 21.8. The van der Waals surface area contributed by atoms with Crippen LogP contribution in [0.5, 0.6) is 0 Å². The summed E-state index contributed by atoms with van der Waals surface area (Å²) in [6.45, 7) is 2.29. The lowest BCUT2D eigenvalue weighted by Gasteiger charge is -2.37. The Morgan fingerprint density at radius 2 is 1.42 bits per heavy atom. The zero-order valence-electron chi connectivity index (χ0n) is 16.9. The lowest BCUT2D eigenvalue weighted by molar-refractivity contribution is -0.133. The second-order valence-corrected chi connectivity index (χ2v) is 8.29. The highest BCUT2D eigenvalue weighted by Gasteiger charge is 2.35. The molecule has 0 radical (unpaired) electrons. The number of para-hydroxylation sites is 1. The summed E-state index contributed by atoms with van der Waals surface area (Å²) < 4.78 is 1.85. The van der Waals surface area contributed by atoms with Gasteiger partial charge in [0.1, 0.15) is 0 Å². The molecule has 6 nitrogen and oxygen atoms in total. The highest BCUT2D eigenvalue weighted by molar-refractivity contribution is 9.10. The predicted octanol–water partition coefficient (Wildman–Crippen LogP) is 3.38. The number of pyridine rings is 1. The topological polar surface area (TPSA) is 62.6 Å². The van der Waals surface area contributed by atoms with Crippen LogP contribution in [-0.2, 0) is 4.79 Å². The van der Waals surface area contributed by atoms with E-state index in [2.05, 4.69) is 20.8 Å². The summed E-state index contributed by atoms with van der Waals surface area (Å²) in [5.41, 5.74) is 1.11. The van der Waals surface area contributed by atoms with E-state index in [1.54, 1.807) is 35.2 Å². The zero-order valence-corrected chi connectivity index (χ0v) is 18.4. The van der Waals surface area contributed by atoms with Gasteiger partial charge in [0.15, 0.2) is 11.8 Å². The number of rotatable bonds is 5. The third-order valence-electron chi connectivity index (χ3n) is 5.43. The van der Waals surface area contributed by atoms with Gasteiger partial charge < -0.3 is 9.80 Å². The van der Waals surface area contributed by atoms with E-state index in [-0.39, 0.29) is 5.91 Å². The van der Waals surface area contributed by atoms with Gasteiger partial charge in [0.2, 0.25) is 0 Å². The van der Waals surface area contributed by atoms with Crippen LogP contribution in [0.15, 0.2) is 88.3 Å². The number of Topliss-reactive ketones (excluding diaryl/α,β-unsaturated/α-hetero) is 1. The van der Waals surface area contributed by atoms with E-state index >= 15 is 0 Å². The van der Waals surface area contributed by atoms with E-state index in [1.807, 2.05) is 36.4 Å². The van der Waals surface area contributed by atoms with Crippen LogP contribution in [0.4, 0.5) is 5.69 Å². The molecular weight excluding hydrogens is 458 g/mol. The molecule has 1 amide bonds. The molecule has 1 aromatic heterocycles. The van der Waals surface area contributed by atoms with E-state index in [9.17, 15) is 14.4 Å². The Morgan fingerprint density at radius 1 is 0.806 bits per heavy atom. The molecule has 1 fully saturated rings. The number of ketones is 1. The minimum atomic E-state index is -1.24. The van der Waals surface area contributed by atoms with Gasteiger partial charge in [-0.3, -0.25) is 19.0 Å². The fraction of sp³-hybridized carbons (Fsp3) is 0.208. The number of nitrogens with zero attached hydrogens (tertiary/aromatic N) is 3. The number of carbonyl (C=O) groups is 2. The SMILES string of the molecule is O=C(c1ccccc1)C(C(=O)N1CCN(c2ccccc2)CC1)n1cc(Br)ccc1=O. The summed E-state index contributed by atoms with van der Waals surface area (Å²) in [5, 5.41) is 0. The molecule has 2 heterocycles. The first-order valence-electron chi connectivity index (χ1n) is 10.1. The third-order valence-corrected chi connectivity index (χ3v) is 5.90. The minimum absolute atomic E-state index is 0.359. The van der Waals surface area contributed by atoms with Gasteiger partial charge in [0.05, 0.1) is 0 Å². The van der Waals surface area contributed by atoms with Crippen LogP contribution < -0.4 is 10.5 Å². The van der Waals surface area contributed by atoms with Gasteiger partial charge in [-0.25, -0.2) is 0 Å². The second kappa shape index (κ2) is 9.31. The fourth-order valence-corrected chi connectivity index (χ4v) is 4.15. The number of hydrogen-bond acceptors (Lipinski definition) is 4. The van der Waals surface area contributed by atoms with Gasteiger partial charge in [-0.1, -0.05) is 48.5 Å². The lowest BCUT2D eigenvalue weighted by atomic mass is 10.0. The number of aromatic nitrogens is 1. The standard InChI is InChI=1S/C24H22BrN3O3/c25-19-11-12-21(29)28(17-19)22(23(30)18-7-3-1-4-8-18)24(31)27-15-13-26(14-16-27)20-9-5-2-6-10-20/h1-12,17,22H,13-16H2. The average molecular weight is 480 g/mol. The van der Waals surface area contributed by atoms with Crippen LogP contribution in [-0.4, -0.2) is 47.3 Å². The fourth-order valence-electron chi connectivity index (χ4n) is 3.79. The number of anilines is 1. The summed E-state index contributed by atoms with van der Waals surface area (Å²) in [5.74, 6) is -0.752. The molecule has 0 N–H and O–H groups in total. The molecule has 4 rings (SSSR count). The molecule has 1 saturated heterocycles. The molecule has 0 saturated carbocycles. The van der Waals surface area contributed by atoms with Gasteiger partial charge in [-0.05, 0) is 34.1 Å². The molecular formula is C24H22BrN3O3. The smallest absolute Gasteiger partial charge is 0.253 e. The molecule has 3 aromatic rings. The van der Waals surface area contributed by atoms with Crippen LogP contribution >= 0.6 is 15.9 Å². The minimum Gasteiger partial charge on any atom is -0.368 e. The van der Waals surface area contributed by atoms with Crippen molar-refractivity contribution in [1.82, 2.24) is 9.47 Å². The number of hydrogen-bond donors (Lipinski definition) is 0. The molecule has 31 heavy (non-hydrogen) atoms. The van der Waals surface area contributed by atoms with E-state index in [0.717, 1.165) is 5.69 Å². The Morgan fingerprint density at radius 3 is 2.06 bits per heavy atom. The summed E-state index contributed by atoms with van der Waals surface area (Å²) in [7, 11) is 0. The number of carbonyl (C=O) groups excluding carboxylic acids is 2. The van der Waals surface area contributed by atoms with E-state index in [0.29, 0.717) is 36.2 Å². The molecule has 7 heteroatoms. The van der Waals surface area contributed by atoms with Gasteiger partial charge >= 0.3 is 0 Å². The maximum Gasteiger partial charge on any atom is 0.253 e. The molecule has 1 aliphatic rings. The van der Waals surface area contributed by atoms with Gasteiger partial charge in [-0.2, -0.15) is 0 Å². The molecule has 0 bridgehead atoms. The normalized spacial score (nSPS) is 14.9. The van der Waals surface area contributed by atoms with Gasteiger partial charge in [0, 0.05) is 54.2 Å². The van der Waals surface area contributed by atoms with Crippen molar-refractivity contribution in [3.05, 3.63) is 99.4 Å². The molecule has 1 aliphatic heterocycles. The van der Waals surface area contributed by atoms with E-state index < -0.39 is 17.4 Å². The van der Waals surface area contributed by atoms with Crippen LogP contribution in [0.2, 0.25) is 0 Å². The third kappa shape index (κ3) is 4.61. The Balaban J connectivity index is 1.61. The van der Waals surface area contributed by atoms with Crippen molar-refractivity contribution in [2.45, 2.75) is 6.04 Å². The predicted molar refractivity (Wildman–Crippen MR) is 123 cm³/mol. The summed E-state index contributed by atoms with van der Waals surface area (Å²) in [6.07, 6.45) is 1.51. The van der Waals surface area contributed by atoms with Crippen molar-refractivity contribution >= 4 is 33.3 Å². The highest BCUT2D eigenvalue weighted by Crippen LogP contribution is 2.21. The quantitative estimate of drug-likeness (QED) is 0.415. The van der Waals surface area contributed by atoms with Crippen molar-refractivity contribution < 1.29 is 9.59 Å². The summed E-state index contributed by atoms with van der Waals surface area (Å²) >= 11 is 3.35. The number of amides is 1. The van der Waals surface area contributed by atoms with Gasteiger partial charge in [0.25, 0.3) is 11.5 Å². The highest BCUT2D eigenvalue weighted by atomic mass is 79.9. The van der Waals surface area contributed by atoms with Crippen LogP contribution in [0.3, 0.4) is 0 Å². The van der Waals surface area contributed by atoms with Crippen LogP contribution in [0.25, 0.3) is 0 Å². The molecule has 0 spiro atoms. The van der Waals surface area contributed by atoms with Crippen molar-refractivity contribution in [2.24, 2.45) is 0 Å². The summed E-state index contributed by atoms with van der Waals surface area (Å²) in [6, 6.07) is 20.4. The first-order valence-corrected chi connectivity index (χ1v) is 10.9. The summed E-state index contributed by atoms with van der Waals surface area (Å²) in [4.78, 5) is 43.4. The molecule has 2 aromatic carbocycles. The van der Waals surface area contributed by atoms with Crippen LogP contribution in [0.1, 0.15) is 16.4 Å². The molecule has 0 aliphatic carbocycles. The Bertz CT molecular complexity index is 1120. The Labute approximate surface area is 188 Å². The second-order valence-electron chi connectivity index (χ2n) is 7.37. The van der Waals surface area contributed by atoms with Crippen molar-refractivity contribution in [3.63, 3.8) is 0 Å². The van der Waals surface area contributed by atoms with Crippen molar-refractivity contribution in [1.29, 1.82) is 0 Å². The monoisotopic (exact) mass is 479 g/mol. The van der Waals surface area contributed by atoms with Crippen LogP contribution in [0, 0.1) is 0 Å². The first kappa shape index (κ1) is 21.1.